The maximum absolute atomic E-state index is 12.3. The van der Waals surface area contributed by atoms with Gasteiger partial charge in [-0.1, -0.05) is 42.5 Å². The SMILES string of the molecule is CN[C@H](Cc1ccc(OCN2C=C(c3ccccc3)N(C)N2)cc1)C(=O)OC(C)(C)C. The van der Waals surface area contributed by atoms with Gasteiger partial charge in [-0.05, 0) is 51.9 Å². The van der Waals surface area contributed by atoms with Gasteiger partial charge >= 0.3 is 5.97 Å². The number of likely N-dealkylation sites (N-methyl/N-ethyl adjacent to an activating group) is 1. The van der Waals surface area contributed by atoms with Crippen LogP contribution in [-0.4, -0.2) is 48.5 Å². The zero-order chi connectivity index (χ0) is 22.4. The zero-order valence-electron chi connectivity index (χ0n) is 18.9. The van der Waals surface area contributed by atoms with Gasteiger partial charge in [0.15, 0.2) is 6.73 Å². The molecule has 7 heteroatoms. The summed E-state index contributed by atoms with van der Waals surface area (Å²) in [6.45, 7) is 5.97. The molecule has 1 aliphatic heterocycles. The Morgan fingerprint density at radius 1 is 1.10 bits per heavy atom. The van der Waals surface area contributed by atoms with Crippen molar-refractivity contribution in [2.45, 2.75) is 38.8 Å². The van der Waals surface area contributed by atoms with Crippen LogP contribution in [0.25, 0.3) is 5.70 Å². The number of rotatable bonds is 8. The van der Waals surface area contributed by atoms with Crippen LogP contribution in [0.2, 0.25) is 0 Å². The van der Waals surface area contributed by atoms with E-state index in [-0.39, 0.29) is 5.97 Å². The van der Waals surface area contributed by atoms with E-state index in [4.69, 9.17) is 9.47 Å². The molecule has 0 aromatic heterocycles. The molecule has 1 heterocycles. The molecule has 0 spiro atoms. The lowest BCUT2D eigenvalue weighted by atomic mass is 10.1. The minimum absolute atomic E-state index is 0.249. The number of ether oxygens (including phenoxy) is 2. The second kappa shape index (κ2) is 9.85. The van der Waals surface area contributed by atoms with Crippen LogP contribution < -0.4 is 15.6 Å². The highest BCUT2D eigenvalue weighted by molar-refractivity contribution is 5.76. The number of benzene rings is 2. The van der Waals surface area contributed by atoms with Gasteiger partial charge < -0.3 is 14.8 Å². The van der Waals surface area contributed by atoms with Gasteiger partial charge in [-0.3, -0.25) is 14.8 Å². The zero-order valence-corrected chi connectivity index (χ0v) is 18.9. The van der Waals surface area contributed by atoms with Crippen molar-refractivity contribution in [3.63, 3.8) is 0 Å². The maximum atomic E-state index is 12.3. The van der Waals surface area contributed by atoms with Crippen molar-refractivity contribution in [2.24, 2.45) is 0 Å². The molecule has 0 bridgehead atoms. The van der Waals surface area contributed by atoms with Crippen LogP contribution in [0.15, 0.2) is 60.8 Å². The molecule has 0 aliphatic carbocycles. The molecule has 1 atom stereocenters. The lowest BCUT2D eigenvalue weighted by Gasteiger charge is -2.24. The molecule has 31 heavy (non-hydrogen) atoms. The van der Waals surface area contributed by atoms with Crippen molar-refractivity contribution in [3.8, 4) is 5.75 Å². The summed E-state index contributed by atoms with van der Waals surface area (Å²) >= 11 is 0. The molecule has 0 unspecified atom stereocenters. The predicted molar refractivity (Wildman–Crippen MR) is 121 cm³/mol. The summed E-state index contributed by atoms with van der Waals surface area (Å²) in [5, 5.41) is 6.88. The second-order valence-electron chi connectivity index (χ2n) is 8.51. The van der Waals surface area contributed by atoms with Crippen molar-refractivity contribution in [1.82, 2.24) is 20.9 Å². The molecule has 0 fully saturated rings. The quantitative estimate of drug-likeness (QED) is 0.631. The number of hydrogen-bond donors (Lipinski definition) is 2. The molecule has 0 saturated heterocycles. The molecular formula is C24H32N4O3. The summed E-state index contributed by atoms with van der Waals surface area (Å²) in [5.41, 5.74) is 5.97. The van der Waals surface area contributed by atoms with E-state index in [0.29, 0.717) is 13.2 Å². The van der Waals surface area contributed by atoms with Gasteiger partial charge in [0.2, 0.25) is 0 Å². The number of nitrogens with one attached hydrogen (secondary N) is 2. The molecule has 3 rings (SSSR count). The molecule has 0 amide bonds. The van der Waals surface area contributed by atoms with Crippen molar-refractivity contribution >= 4 is 11.7 Å². The van der Waals surface area contributed by atoms with Crippen molar-refractivity contribution in [2.75, 3.05) is 20.8 Å². The third-order valence-corrected chi connectivity index (χ3v) is 4.76. The summed E-state index contributed by atoms with van der Waals surface area (Å²) in [5.74, 6) is 0.508. The molecule has 2 N–H and O–H groups in total. The minimum Gasteiger partial charge on any atom is -0.472 e. The molecular weight excluding hydrogens is 392 g/mol. The number of hydrogen-bond acceptors (Lipinski definition) is 7. The summed E-state index contributed by atoms with van der Waals surface area (Å²) in [7, 11) is 3.74. The first kappa shape index (κ1) is 22.7. The van der Waals surface area contributed by atoms with Crippen LogP contribution in [0.4, 0.5) is 0 Å². The first-order valence-electron chi connectivity index (χ1n) is 10.4. The monoisotopic (exact) mass is 424 g/mol. The number of esters is 1. The van der Waals surface area contributed by atoms with Crippen molar-refractivity contribution in [1.29, 1.82) is 0 Å². The van der Waals surface area contributed by atoms with Crippen LogP contribution in [-0.2, 0) is 16.0 Å². The smallest absolute Gasteiger partial charge is 0.323 e. The number of hydrazine groups is 2. The largest absolute Gasteiger partial charge is 0.472 e. The molecule has 0 saturated carbocycles. The highest BCUT2D eigenvalue weighted by Gasteiger charge is 2.24. The van der Waals surface area contributed by atoms with Crippen LogP contribution in [0.3, 0.4) is 0 Å². The molecule has 0 radical (unpaired) electrons. The highest BCUT2D eigenvalue weighted by atomic mass is 16.6. The Balaban J connectivity index is 1.54. The van der Waals surface area contributed by atoms with Crippen LogP contribution >= 0.6 is 0 Å². The Hall–Kier alpha value is -3.03. The van der Waals surface area contributed by atoms with E-state index in [9.17, 15) is 4.79 Å². The minimum atomic E-state index is -0.504. The number of carbonyl (C=O) groups is 1. The Bertz CT molecular complexity index is 891. The molecule has 7 nitrogen and oxygen atoms in total. The van der Waals surface area contributed by atoms with Gasteiger partial charge in [0.1, 0.15) is 17.4 Å². The second-order valence-corrected chi connectivity index (χ2v) is 8.51. The summed E-state index contributed by atoms with van der Waals surface area (Å²) in [6, 6.07) is 17.6. The Morgan fingerprint density at radius 2 is 1.77 bits per heavy atom. The molecule has 2 aromatic rings. The van der Waals surface area contributed by atoms with E-state index in [1.54, 1.807) is 7.05 Å². The van der Waals surface area contributed by atoms with Crippen LogP contribution in [0.1, 0.15) is 31.9 Å². The van der Waals surface area contributed by atoms with E-state index < -0.39 is 11.6 Å². The Kier molecular flexibility index (Phi) is 7.20. The fraction of sp³-hybridized carbons (Fsp3) is 0.375. The van der Waals surface area contributed by atoms with Gasteiger partial charge in [-0.25, -0.2) is 0 Å². The summed E-state index contributed by atoms with van der Waals surface area (Å²) < 4.78 is 11.4. The average molecular weight is 425 g/mol. The molecule has 2 aromatic carbocycles. The lowest BCUT2D eigenvalue weighted by molar-refractivity contribution is -0.157. The van der Waals surface area contributed by atoms with E-state index in [0.717, 1.165) is 22.6 Å². The summed E-state index contributed by atoms with van der Waals surface area (Å²) in [6.07, 6.45) is 2.56. The first-order valence-corrected chi connectivity index (χ1v) is 10.4. The van der Waals surface area contributed by atoms with Gasteiger partial charge in [0, 0.05) is 18.8 Å². The van der Waals surface area contributed by atoms with Gasteiger partial charge in [-0.2, -0.15) is 0 Å². The fourth-order valence-corrected chi connectivity index (χ4v) is 3.23. The van der Waals surface area contributed by atoms with E-state index in [2.05, 4.69) is 23.0 Å². The third kappa shape index (κ3) is 6.47. The van der Waals surface area contributed by atoms with Crippen LogP contribution in [0, 0.1) is 0 Å². The van der Waals surface area contributed by atoms with Crippen LogP contribution in [0.5, 0.6) is 5.75 Å². The number of nitrogens with zero attached hydrogens (tertiary/aromatic N) is 2. The van der Waals surface area contributed by atoms with Gasteiger partial charge in [0.05, 0.1) is 5.70 Å². The Morgan fingerprint density at radius 3 is 2.39 bits per heavy atom. The van der Waals surface area contributed by atoms with E-state index in [1.807, 2.05) is 86.5 Å². The predicted octanol–water partition coefficient (Wildman–Crippen LogP) is 3.16. The van der Waals surface area contributed by atoms with E-state index >= 15 is 0 Å². The lowest BCUT2D eigenvalue weighted by Crippen LogP contribution is -2.41. The normalized spacial score (nSPS) is 14.9. The van der Waals surface area contributed by atoms with Gasteiger partial charge in [0.25, 0.3) is 0 Å². The highest BCUT2D eigenvalue weighted by Crippen LogP contribution is 2.22. The first-order chi connectivity index (χ1) is 14.7. The van der Waals surface area contributed by atoms with Crippen molar-refractivity contribution in [3.05, 3.63) is 71.9 Å². The fourth-order valence-electron chi connectivity index (χ4n) is 3.23. The topological polar surface area (TPSA) is 66.1 Å². The average Bonchev–Trinajstić information content (AvgIpc) is 3.11. The summed E-state index contributed by atoms with van der Waals surface area (Å²) in [4.78, 5) is 12.3. The third-order valence-electron chi connectivity index (χ3n) is 4.76. The molecule has 1 aliphatic rings. The standard InChI is InChI=1S/C24H32N4O3/c1-24(2,3)31-23(29)21(25-4)15-18-11-13-20(14-12-18)30-17-28-16-22(27(5)26-28)19-9-7-6-8-10-19/h6-14,16,21,25-26H,15,17H2,1-5H3/t21-/m1/s1. The van der Waals surface area contributed by atoms with Gasteiger partial charge in [-0.15, -0.1) is 5.53 Å². The van der Waals surface area contributed by atoms with Crippen molar-refractivity contribution < 1.29 is 14.3 Å². The van der Waals surface area contributed by atoms with E-state index in [1.165, 1.54) is 0 Å². The maximum Gasteiger partial charge on any atom is 0.323 e. The number of carbonyl (C=O) groups excluding carboxylic acids is 1. The molecule has 166 valence electrons. The Labute approximate surface area is 184 Å².